The summed E-state index contributed by atoms with van der Waals surface area (Å²) in [6, 6.07) is 10.9. The lowest BCUT2D eigenvalue weighted by atomic mass is 9.81. The molecular weight excluding hydrogens is 412 g/mol. The Morgan fingerprint density at radius 1 is 1.03 bits per heavy atom. The average Bonchev–Trinajstić information content (AvgIpc) is 2.64. The molecule has 9 heteroatoms. The highest BCUT2D eigenvalue weighted by molar-refractivity contribution is 7.97. The molecule has 0 aromatic heterocycles. The topological polar surface area (TPSA) is 53.5 Å². The summed E-state index contributed by atoms with van der Waals surface area (Å²) in [5, 5.41) is 13.6. The molecule has 0 amide bonds. The summed E-state index contributed by atoms with van der Waals surface area (Å²) in [7, 11) is 2.10. The van der Waals surface area contributed by atoms with Crippen molar-refractivity contribution >= 4 is 30.6 Å². The number of halogens is 3. The molecule has 164 valence electrons. The number of nitrogens with one attached hydrogen (secondary N) is 2. The van der Waals surface area contributed by atoms with Gasteiger partial charge in [0.05, 0.1) is 16.8 Å². The van der Waals surface area contributed by atoms with E-state index in [2.05, 4.69) is 10.0 Å². The van der Waals surface area contributed by atoms with Crippen LogP contribution >= 0.6 is 11.9 Å². The number of hydrogen-bond donors (Lipinski definition) is 3. The van der Waals surface area contributed by atoms with Gasteiger partial charge < -0.3 is 15.1 Å². The molecule has 0 aliphatic heterocycles. The van der Waals surface area contributed by atoms with Gasteiger partial charge in [-0.1, -0.05) is 12.1 Å². The SMILES string of the molecule is CNSc1ccc(NCc2ccc(C(F)(F)F)cc2)c(BOC(C)(C)C(C)(C)O)c1. The summed E-state index contributed by atoms with van der Waals surface area (Å²) in [6.45, 7) is 7.43. The summed E-state index contributed by atoms with van der Waals surface area (Å²) in [4.78, 5) is 0.997. The first-order valence-electron chi connectivity index (χ1n) is 9.56. The maximum absolute atomic E-state index is 12.7. The minimum atomic E-state index is -4.34. The fraction of sp³-hybridized carbons (Fsp3) is 0.429. The molecule has 2 rings (SSSR count). The average molecular weight is 440 g/mol. The van der Waals surface area contributed by atoms with E-state index in [9.17, 15) is 18.3 Å². The third kappa shape index (κ3) is 6.67. The summed E-state index contributed by atoms with van der Waals surface area (Å²) in [5.41, 5.74) is -0.0217. The van der Waals surface area contributed by atoms with Crippen LogP contribution in [0.25, 0.3) is 0 Å². The van der Waals surface area contributed by atoms with E-state index in [0.29, 0.717) is 6.54 Å². The van der Waals surface area contributed by atoms with Crippen molar-refractivity contribution in [1.82, 2.24) is 4.72 Å². The van der Waals surface area contributed by atoms with Gasteiger partial charge in [-0.2, -0.15) is 13.2 Å². The molecule has 0 heterocycles. The van der Waals surface area contributed by atoms with E-state index < -0.39 is 22.9 Å². The largest absolute Gasteiger partial charge is 0.427 e. The quantitative estimate of drug-likeness (QED) is 0.405. The third-order valence-electron chi connectivity index (χ3n) is 5.12. The summed E-state index contributed by atoms with van der Waals surface area (Å²) in [6.07, 6.45) is -4.34. The number of benzene rings is 2. The zero-order valence-electron chi connectivity index (χ0n) is 17.9. The zero-order valence-corrected chi connectivity index (χ0v) is 18.7. The molecule has 0 bridgehead atoms. The number of anilines is 1. The van der Waals surface area contributed by atoms with E-state index in [1.807, 2.05) is 39.1 Å². The molecule has 0 spiro atoms. The number of hydrogen-bond acceptors (Lipinski definition) is 5. The van der Waals surface area contributed by atoms with Gasteiger partial charge in [0, 0.05) is 17.1 Å². The second-order valence-corrected chi connectivity index (χ2v) is 9.12. The number of aliphatic hydroxyl groups is 1. The molecule has 0 aliphatic carbocycles. The Kier molecular flexibility index (Phi) is 7.90. The third-order valence-corrected chi connectivity index (χ3v) is 5.82. The predicted octanol–water partition coefficient (Wildman–Crippen LogP) is 4.09. The van der Waals surface area contributed by atoms with Crippen molar-refractivity contribution in [1.29, 1.82) is 0 Å². The Bertz CT molecular complexity index is 838. The molecule has 30 heavy (non-hydrogen) atoms. The molecular formula is C21H28BF3N2O2S. The van der Waals surface area contributed by atoms with Gasteiger partial charge in [0.15, 0.2) is 0 Å². The van der Waals surface area contributed by atoms with E-state index >= 15 is 0 Å². The zero-order chi connectivity index (χ0) is 22.6. The van der Waals surface area contributed by atoms with Gasteiger partial charge in [0.2, 0.25) is 0 Å². The van der Waals surface area contributed by atoms with Crippen molar-refractivity contribution in [3.8, 4) is 0 Å². The Labute approximate surface area is 181 Å². The van der Waals surface area contributed by atoms with Crippen molar-refractivity contribution < 1.29 is 22.9 Å². The minimum Gasteiger partial charge on any atom is -0.427 e. The Morgan fingerprint density at radius 3 is 2.20 bits per heavy atom. The van der Waals surface area contributed by atoms with E-state index in [1.165, 1.54) is 24.1 Å². The van der Waals surface area contributed by atoms with Crippen LogP contribution in [0.3, 0.4) is 0 Å². The van der Waals surface area contributed by atoms with Crippen LogP contribution in [-0.4, -0.2) is 30.8 Å². The lowest BCUT2D eigenvalue weighted by molar-refractivity contribution is -0.137. The Balaban J connectivity index is 2.16. The first-order valence-corrected chi connectivity index (χ1v) is 10.4. The molecule has 0 saturated carbocycles. The molecule has 4 nitrogen and oxygen atoms in total. The fourth-order valence-electron chi connectivity index (χ4n) is 2.49. The van der Waals surface area contributed by atoms with Crippen LogP contribution in [0.4, 0.5) is 18.9 Å². The van der Waals surface area contributed by atoms with Crippen molar-refractivity contribution in [2.45, 2.75) is 56.5 Å². The summed E-state index contributed by atoms with van der Waals surface area (Å²) in [5.74, 6) is 0. The lowest BCUT2D eigenvalue weighted by Gasteiger charge is -2.37. The van der Waals surface area contributed by atoms with E-state index in [4.69, 9.17) is 4.65 Å². The smallest absolute Gasteiger partial charge is 0.416 e. The lowest BCUT2D eigenvalue weighted by Crippen LogP contribution is -2.49. The van der Waals surface area contributed by atoms with Crippen LogP contribution in [0.2, 0.25) is 0 Å². The summed E-state index contributed by atoms with van der Waals surface area (Å²) < 4.78 is 47.2. The van der Waals surface area contributed by atoms with Crippen molar-refractivity contribution in [3.05, 3.63) is 53.6 Å². The maximum atomic E-state index is 12.7. The van der Waals surface area contributed by atoms with Gasteiger partial charge in [-0.3, -0.25) is 4.72 Å². The summed E-state index contributed by atoms with van der Waals surface area (Å²) >= 11 is 1.47. The molecule has 0 aliphatic rings. The molecule has 0 radical (unpaired) electrons. The van der Waals surface area contributed by atoms with Gasteiger partial charge >= 0.3 is 13.7 Å². The van der Waals surface area contributed by atoms with E-state index in [-0.39, 0.29) is 7.48 Å². The standard InChI is InChI=1S/C21H28BF3N2O2S/c1-19(2,28)20(3,4)29-22-17-12-16(30-26-5)10-11-18(17)27-13-14-6-8-15(9-7-14)21(23,24)25/h6-12,22,26-28H,13H2,1-5H3. The van der Waals surface area contributed by atoms with Crippen molar-refractivity contribution in [2.24, 2.45) is 0 Å². The van der Waals surface area contributed by atoms with Crippen LogP contribution < -0.4 is 15.5 Å². The molecule has 2 aromatic rings. The van der Waals surface area contributed by atoms with Gasteiger partial charge in [-0.25, -0.2) is 0 Å². The second-order valence-electron chi connectivity index (χ2n) is 8.03. The molecule has 0 saturated heterocycles. The van der Waals surface area contributed by atoms with E-state index in [1.54, 1.807) is 13.8 Å². The highest BCUT2D eigenvalue weighted by atomic mass is 32.2. The van der Waals surface area contributed by atoms with Crippen LogP contribution in [0.5, 0.6) is 0 Å². The van der Waals surface area contributed by atoms with Gasteiger partial charge in [-0.05, 0) is 88.0 Å². The van der Waals surface area contributed by atoms with Gasteiger partial charge in [-0.15, -0.1) is 0 Å². The van der Waals surface area contributed by atoms with Crippen LogP contribution in [0.15, 0.2) is 47.4 Å². The highest BCUT2D eigenvalue weighted by Gasteiger charge is 2.36. The molecule has 0 unspecified atom stereocenters. The fourth-order valence-corrected chi connectivity index (χ4v) is 3.06. The van der Waals surface area contributed by atoms with Crippen molar-refractivity contribution in [2.75, 3.05) is 12.4 Å². The number of rotatable bonds is 9. The first kappa shape index (κ1) is 24.6. The molecule has 3 N–H and O–H groups in total. The first-order chi connectivity index (χ1) is 13.8. The Hall–Kier alpha value is -1.68. The van der Waals surface area contributed by atoms with E-state index in [0.717, 1.165) is 33.7 Å². The maximum Gasteiger partial charge on any atom is 0.416 e. The van der Waals surface area contributed by atoms with Gasteiger partial charge in [0.1, 0.15) is 0 Å². The predicted molar refractivity (Wildman–Crippen MR) is 118 cm³/mol. The van der Waals surface area contributed by atoms with Crippen molar-refractivity contribution in [3.63, 3.8) is 0 Å². The monoisotopic (exact) mass is 440 g/mol. The molecule has 2 aromatic carbocycles. The second kappa shape index (κ2) is 9.64. The number of alkyl halides is 3. The van der Waals surface area contributed by atoms with Gasteiger partial charge in [0.25, 0.3) is 0 Å². The Morgan fingerprint density at radius 2 is 1.67 bits per heavy atom. The normalized spacial score (nSPS) is 12.7. The van der Waals surface area contributed by atoms with Crippen LogP contribution in [-0.2, 0) is 17.4 Å². The van der Waals surface area contributed by atoms with Crippen LogP contribution in [0, 0.1) is 0 Å². The highest BCUT2D eigenvalue weighted by Crippen LogP contribution is 2.29. The molecule has 0 atom stereocenters. The molecule has 0 fully saturated rings. The van der Waals surface area contributed by atoms with Crippen LogP contribution in [0.1, 0.15) is 38.8 Å². The minimum absolute atomic E-state index is 0.268.